The Labute approximate surface area is 245 Å². The van der Waals surface area contributed by atoms with Crippen molar-refractivity contribution in [3.8, 4) is 11.8 Å². The highest BCUT2D eigenvalue weighted by molar-refractivity contribution is 6.07. The van der Waals surface area contributed by atoms with E-state index in [-0.39, 0.29) is 42.9 Å². The highest BCUT2D eigenvalue weighted by atomic mass is 19.4. The van der Waals surface area contributed by atoms with Crippen LogP contribution in [-0.4, -0.2) is 47.4 Å². The first-order valence-corrected chi connectivity index (χ1v) is 13.8. The summed E-state index contributed by atoms with van der Waals surface area (Å²) < 4.78 is 87.5. The molecule has 0 saturated carbocycles. The van der Waals surface area contributed by atoms with E-state index >= 15 is 0 Å². The first kappa shape index (κ1) is 33.7. The monoisotopic (exact) mass is 613 g/mol. The number of carbonyl (C=O) groups excluding carboxylic acids is 2. The van der Waals surface area contributed by atoms with Gasteiger partial charge in [0.2, 0.25) is 0 Å². The first-order valence-electron chi connectivity index (χ1n) is 13.8. The largest absolute Gasteiger partial charge is 0.493 e. The number of benzene rings is 2. The van der Waals surface area contributed by atoms with Gasteiger partial charge in [0, 0.05) is 12.1 Å². The van der Waals surface area contributed by atoms with E-state index in [1.165, 1.54) is 0 Å². The molecule has 1 atom stereocenters. The summed E-state index contributed by atoms with van der Waals surface area (Å²) in [6.45, 7) is 5.04. The van der Waals surface area contributed by atoms with E-state index in [0.29, 0.717) is 48.9 Å². The Morgan fingerprint density at radius 3 is 1.95 bits per heavy atom. The van der Waals surface area contributed by atoms with Gasteiger partial charge in [-0.3, -0.25) is 9.69 Å². The van der Waals surface area contributed by atoms with Crippen LogP contribution in [0.3, 0.4) is 0 Å². The van der Waals surface area contributed by atoms with Crippen LogP contribution in [-0.2, 0) is 28.8 Å². The minimum absolute atomic E-state index is 0.0200. The number of hydrogen-bond donors (Lipinski definition) is 2. The number of carbonyl (C=O) groups is 2. The molecule has 1 fully saturated rings. The number of nitrogens with one attached hydrogen (secondary N) is 1. The van der Waals surface area contributed by atoms with Gasteiger partial charge >= 0.3 is 18.4 Å². The summed E-state index contributed by atoms with van der Waals surface area (Å²) in [5.74, 6) is -0.307. The van der Waals surface area contributed by atoms with Gasteiger partial charge in [-0.15, -0.1) is 0 Å². The van der Waals surface area contributed by atoms with Gasteiger partial charge in [0.15, 0.2) is 0 Å². The zero-order chi connectivity index (χ0) is 32.2. The van der Waals surface area contributed by atoms with Gasteiger partial charge in [-0.2, -0.15) is 31.6 Å². The molecule has 0 radical (unpaired) electrons. The predicted octanol–water partition coefficient (Wildman–Crippen LogP) is 6.40. The van der Waals surface area contributed by atoms with Crippen molar-refractivity contribution in [3.05, 3.63) is 64.2 Å². The van der Waals surface area contributed by atoms with Gasteiger partial charge in [0.25, 0.3) is 11.5 Å². The molecule has 3 amide bonds. The van der Waals surface area contributed by atoms with Crippen molar-refractivity contribution < 1.29 is 45.8 Å². The van der Waals surface area contributed by atoms with E-state index in [9.17, 15) is 41.0 Å². The standard InChI is InChI=1S/C30H33F6N3O4/c1-4-8-20-16-23(28(42,29(31,32)33)30(34,35)36)17-21(9-5-2)24(20)43-15-7-6-14-39-25(40)27(3,38-26(39)41)22-12-10-19(18-37)11-13-22/h10-13,16-17,42H,4-9,14-15H2,1-3H3,(H,38,41). The normalized spacial score (nSPS) is 17.7. The van der Waals surface area contributed by atoms with Crippen molar-refractivity contribution in [1.29, 1.82) is 5.26 Å². The minimum atomic E-state index is -6.00. The summed E-state index contributed by atoms with van der Waals surface area (Å²) in [7, 11) is 0. The summed E-state index contributed by atoms with van der Waals surface area (Å²) in [5, 5.41) is 21.7. The number of amides is 3. The molecule has 43 heavy (non-hydrogen) atoms. The zero-order valence-corrected chi connectivity index (χ0v) is 24.0. The fraction of sp³-hybridized carbons (Fsp3) is 0.500. The molecule has 7 nitrogen and oxygen atoms in total. The van der Waals surface area contributed by atoms with Gasteiger partial charge < -0.3 is 15.2 Å². The number of alkyl halides is 6. The van der Waals surface area contributed by atoms with Gasteiger partial charge in [-0.05, 0) is 73.6 Å². The molecular formula is C30H33F6N3O4. The van der Waals surface area contributed by atoms with Crippen LogP contribution in [0.1, 0.15) is 74.3 Å². The van der Waals surface area contributed by atoms with Crippen molar-refractivity contribution in [2.24, 2.45) is 0 Å². The molecule has 234 valence electrons. The number of hydrogen-bond acceptors (Lipinski definition) is 5. The van der Waals surface area contributed by atoms with Crippen molar-refractivity contribution >= 4 is 11.9 Å². The summed E-state index contributed by atoms with van der Waals surface area (Å²) in [5.41, 5.74) is -6.54. The van der Waals surface area contributed by atoms with Gasteiger partial charge in [0.05, 0.1) is 18.2 Å². The minimum Gasteiger partial charge on any atom is -0.493 e. The van der Waals surface area contributed by atoms with E-state index in [1.54, 1.807) is 45.0 Å². The first-order chi connectivity index (χ1) is 20.0. The number of aryl methyl sites for hydroxylation is 2. The van der Waals surface area contributed by atoms with Crippen LogP contribution in [0.2, 0.25) is 0 Å². The van der Waals surface area contributed by atoms with Gasteiger partial charge in [-0.25, -0.2) is 4.79 Å². The molecule has 2 aromatic rings. The number of unbranched alkanes of at least 4 members (excludes halogenated alkanes) is 1. The number of rotatable bonds is 12. The van der Waals surface area contributed by atoms with E-state index in [0.717, 1.165) is 4.90 Å². The van der Waals surface area contributed by atoms with Crippen LogP contribution in [0.15, 0.2) is 36.4 Å². The van der Waals surface area contributed by atoms with E-state index in [2.05, 4.69) is 5.32 Å². The van der Waals surface area contributed by atoms with E-state index in [4.69, 9.17) is 10.00 Å². The van der Waals surface area contributed by atoms with Crippen molar-refractivity contribution in [1.82, 2.24) is 10.2 Å². The number of nitriles is 1. The highest BCUT2D eigenvalue weighted by Gasteiger charge is 2.71. The Kier molecular flexibility index (Phi) is 10.1. The second kappa shape index (κ2) is 12.8. The summed E-state index contributed by atoms with van der Waals surface area (Å²) in [4.78, 5) is 26.8. The van der Waals surface area contributed by atoms with Crippen LogP contribution < -0.4 is 10.1 Å². The Bertz CT molecular complexity index is 1330. The van der Waals surface area contributed by atoms with Crippen LogP contribution in [0, 0.1) is 11.3 Å². The molecule has 3 rings (SSSR count). The molecule has 2 aromatic carbocycles. The summed E-state index contributed by atoms with van der Waals surface area (Å²) in [6.07, 6.45) is -10.4. The number of urea groups is 1. The van der Waals surface area contributed by atoms with Crippen LogP contribution in [0.5, 0.6) is 5.75 Å². The summed E-state index contributed by atoms with van der Waals surface area (Å²) >= 11 is 0. The lowest BCUT2D eigenvalue weighted by Gasteiger charge is -2.33. The van der Waals surface area contributed by atoms with Gasteiger partial charge in [0.1, 0.15) is 11.3 Å². The molecule has 0 spiro atoms. The number of aliphatic hydroxyl groups is 1. The van der Waals surface area contributed by atoms with Crippen LogP contribution in [0.4, 0.5) is 31.1 Å². The maximum Gasteiger partial charge on any atom is 0.430 e. The van der Waals surface area contributed by atoms with Crippen molar-refractivity contribution in [2.45, 2.75) is 82.8 Å². The second-order valence-corrected chi connectivity index (χ2v) is 10.6. The number of halogens is 6. The maximum atomic E-state index is 13.6. The van der Waals surface area contributed by atoms with E-state index in [1.807, 2.05) is 6.07 Å². The predicted molar refractivity (Wildman–Crippen MR) is 144 cm³/mol. The van der Waals surface area contributed by atoms with Crippen molar-refractivity contribution in [3.63, 3.8) is 0 Å². The molecule has 13 heteroatoms. The molecule has 1 saturated heterocycles. The average Bonchev–Trinajstić information content (AvgIpc) is 3.15. The third kappa shape index (κ3) is 6.59. The Hall–Kier alpha value is -3.79. The molecule has 1 aliphatic rings. The fourth-order valence-corrected chi connectivity index (χ4v) is 5.07. The lowest BCUT2D eigenvalue weighted by Crippen LogP contribution is -2.54. The quantitative estimate of drug-likeness (QED) is 0.164. The second-order valence-electron chi connectivity index (χ2n) is 10.6. The average molecular weight is 614 g/mol. The highest BCUT2D eigenvalue weighted by Crippen LogP contribution is 2.51. The smallest absolute Gasteiger partial charge is 0.430 e. The number of imide groups is 1. The summed E-state index contributed by atoms with van der Waals surface area (Å²) in [6, 6.07) is 9.06. The van der Waals surface area contributed by atoms with Gasteiger partial charge in [-0.1, -0.05) is 38.8 Å². The molecule has 2 N–H and O–H groups in total. The lowest BCUT2D eigenvalue weighted by atomic mass is 9.87. The molecule has 0 bridgehead atoms. The lowest BCUT2D eigenvalue weighted by molar-refractivity contribution is -0.376. The molecule has 0 aromatic heterocycles. The van der Waals surface area contributed by atoms with Crippen molar-refractivity contribution in [2.75, 3.05) is 13.2 Å². The zero-order valence-electron chi connectivity index (χ0n) is 24.0. The molecule has 1 unspecified atom stereocenters. The van der Waals surface area contributed by atoms with E-state index < -0.39 is 41.0 Å². The molecule has 0 aliphatic carbocycles. The Balaban J connectivity index is 1.75. The topological polar surface area (TPSA) is 103 Å². The van der Waals surface area contributed by atoms with Crippen LogP contribution in [0.25, 0.3) is 0 Å². The SMILES string of the molecule is CCCc1cc(C(O)(C(F)(F)F)C(F)(F)F)cc(CCC)c1OCCCCN1C(=O)NC(C)(c2ccc(C#N)cc2)C1=O. The fourth-order valence-electron chi connectivity index (χ4n) is 5.07. The van der Waals surface area contributed by atoms with Crippen LogP contribution >= 0.6 is 0 Å². The molecule has 1 heterocycles. The molecular weight excluding hydrogens is 580 g/mol. The number of ether oxygens (including phenoxy) is 1. The third-order valence-corrected chi connectivity index (χ3v) is 7.41. The maximum absolute atomic E-state index is 13.6. The number of nitrogens with zero attached hydrogens (tertiary/aromatic N) is 2. The third-order valence-electron chi connectivity index (χ3n) is 7.41. The Morgan fingerprint density at radius 2 is 1.49 bits per heavy atom. The molecule has 1 aliphatic heterocycles. The Morgan fingerprint density at radius 1 is 0.953 bits per heavy atom.